The van der Waals surface area contributed by atoms with E-state index in [2.05, 4.69) is 20.2 Å². The minimum atomic E-state index is 0.906. The second-order valence-electron chi connectivity index (χ2n) is 2.75. The van der Waals surface area contributed by atoms with Crippen LogP contribution < -0.4 is 5.32 Å². The number of amidine groups is 1. The predicted molar refractivity (Wildman–Crippen MR) is 45.2 cm³/mol. The molecule has 0 aromatic carbocycles. The molecule has 0 radical (unpaired) electrons. The highest BCUT2D eigenvalue weighted by molar-refractivity contribution is 5.87. The number of nitrogens with zero attached hydrogens (tertiary/aromatic N) is 3. The van der Waals surface area contributed by atoms with Crippen molar-refractivity contribution in [2.45, 2.75) is 0 Å². The van der Waals surface area contributed by atoms with Gasteiger partial charge in [0.15, 0.2) is 0 Å². The van der Waals surface area contributed by atoms with Crippen molar-refractivity contribution < 1.29 is 0 Å². The smallest absolute Gasteiger partial charge is 0.116 e. The van der Waals surface area contributed by atoms with Crippen molar-refractivity contribution in [1.29, 1.82) is 0 Å². The standard InChI is InChI=1S/C7H12N4/c1-2-10-7(9-1)5-11-4-3-8-6-11/h6H,1-5H2,(H,9,10). The lowest BCUT2D eigenvalue weighted by Crippen LogP contribution is -2.33. The van der Waals surface area contributed by atoms with Crippen LogP contribution in [-0.2, 0) is 0 Å². The molecule has 0 aromatic heterocycles. The Morgan fingerprint density at radius 2 is 2.55 bits per heavy atom. The van der Waals surface area contributed by atoms with Crippen molar-refractivity contribution >= 4 is 12.2 Å². The van der Waals surface area contributed by atoms with Crippen LogP contribution in [0.4, 0.5) is 0 Å². The van der Waals surface area contributed by atoms with Crippen LogP contribution >= 0.6 is 0 Å². The summed E-state index contributed by atoms with van der Waals surface area (Å²) in [6.07, 6.45) is 1.91. The molecule has 0 unspecified atom stereocenters. The van der Waals surface area contributed by atoms with Crippen LogP contribution in [0.1, 0.15) is 0 Å². The molecule has 2 aliphatic heterocycles. The van der Waals surface area contributed by atoms with E-state index in [9.17, 15) is 0 Å². The van der Waals surface area contributed by atoms with Gasteiger partial charge in [-0.1, -0.05) is 0 Å². The summed E-state index contributed by atoms with van der Waals surface area (Å²) >= 11 is 0. The Hall–Kier alpha value is -1.06. The summed E-state index contributed by atoms with van der Waals surface area (Å²) in [5.74, 6) is 1.11. The summed E-state index contributed by atoms with van der Waals surface area (Å²) in [6.45, 7) is 4.82. The van der Waals surface area contributed by atoms with Gasteiger partial charge in [-0.25, -0.2) is 0 Å². The van der Waals surface area contributed by atoms with Crippen LogP contribution in [0, 0.1) is 0 Å². The van der Waals surface area contributed by atoms with Crippen molar-refractivity contribution in [2.75, 3.05) is 32.7 Å². The fraction of sp³-hybridized carbons (Fsp3) is 0.714. The highest BCUT2D eigenvalue weighted by Crippen LogP contribution is 1.94. The van der Waals surface area contributed by atoms with Gasteiger partial charge >= 0.3 is 0 Å². The summed E-state index contributed by atoms with van der Waals surface area (Å²) in [4.78, 5) is 10.6. The van der Waals surface area contributed by atoms with Crippen molar-refractivity contribution in [1.82, 2.24) is 10.2 Å². The number of aliphatic imine (C=N–C) groups is 2. The molecule has 0 bridgehead atoms. The van der Waals surface area contributed by atoms with Crippen molar-refractivity contribution in [3.8, 4) is 0 Å². The lowest BCUT2D eigenvalue weighted by molar-refractivity contribution is 0.528. The van der Waals surface area contributed by atoms with E-state index < -0.39 is 0 Å². The van der Waals surface area contributed by atoms with Gasteiger partial charge in [-0.2, -0.15) is 0 Å². The van der Waals surface area contributed by atoms with E-state index in [0.717, 1.165) is 38.6 Å². The normalized spacial score (nSPS) is 22.2. The quantitative estimate of drug-likeness (QED) is 0.570. The zero-order chi connectivity index (χ0) is 7.52. The molecule has 2 aliphatic rings. The molecule has 0 aliphatic carbocycles. The van der Waals surface area contributed by atoms with Gasteiger partial charge in [0.05, 0.1) is 26.0 Å². The SMILES string of the molecule is C1=NCCN1CC1=NCCN1. The van der Waals surface area contributed by atoms with Gasteiger partial charge in [0.25, 0.3) is 0 Å². The molecule has 2 heterocycles. The summed E-state index contributed by atoms with van der Waals surface area (Å²) < 4.78 is 0. The molecule has 0 saturated carbocycles. The first-order chi connectivity index (χ1) is 5.45. The lowest BCUT2D eigenvalue weighted by Gasteiger charge is -2.12. The van der Waals surface area contributed by atoms with Crippen LogP contribution in [-0.4, -0.2) is 49.8 Å². The minimum Gasteiger partial charge on any atom is -0.370 e. The molecule has 0 fully saturated rings. The molecule has 60 valence electrons. The Balaban J connectivity index is 1.84. The topological polar surface area (TPSA) is 40.0 Å². The van der Waals surface area contributed by atoms with Crippen LogP contribution in [0.5, 0.6) is 0 Å². The van der Waals surface area contributed by atoms with E-state index in [4.69, 9.17) is 0 Å². The summed E-state index contributed by atoms with van der Waals surface area (Å²) in [7, 11) is 0. The first-order valence-electron chi connectivity index (χ1n) is 3.96. The van der Waals surface area contributed by atoms with Crippen molar-refractivity contribution in [3.05, 3.63) is 0 Å². The highest BCUT2D eigenvalue weighted by Gasteiger charge is 2.10. The van der Waals surface area contributed by atoms with Crippen LogP contribution in [0.3, 0.4) is 0 Å². The number of nitrogens with one attached hydrogen (secondary N) is 1. The average molecular weight is 152 g/mol. The lowest BCUT2D eigenvalue weighted by atomic mass is 10.5. The second kappa shape index (κ2) is 2.90. The molecule has 2 rings (SSSR count). The summed E-state index contributed by atoms with van der Waals surface area (Å²) in [5, 5.41) is 3.23. The zero-order valence-electron chi connectivity index (χ0n) is 6.45. The number of rotatable bonds is 2. The molecule has 4 heteroatoms. The van der Waals surface area contributed by atoms with Gasteiger partial charge in [-0.15, -0.1) is 0 Å². The first-order valence-corrected chi connectivity index (χ1v) is 3.96. The third-order valence-electron chi connectivity index (χ3n) is 1.86. The third kappa shape index (κ3) is 1.50. The van der Waals surface area contributed by atoms with Gasteiger partial charge < -0.3 is 10.2 Å². The zero-order valence-corrected chi connectivity index (χ0v) is 6.45. The Morgan fingerprint density at radius 1 is 1.55 bits per heavy atom. The Kier molecular flexibility index (Phi) is 1.75. The molecule has 1 N–H and O–H groups in total. The van der Waals surface area contributed by atoms with E-state index in [-0.39, 0.29) is 0 Å². The molecule has 4 nitrogen and oxygen atoms in total. The minimum absolute atomic E-state index is 0.906. The van der Waals surface area contributed by atoms with Crippen molar-refractivity contribution in [3.63, 3.8) is 0 Å². The maximum Gasteiger partial charge on any atom is 0.116 e. The van der Waals surface area contributed by atoms with E-state index >= 15 is 0 Å². The van der Waals surface area contributed by atoms with Gasteiger partial charge in [-0.05, 0) is 0 Å². The molecule has 0 saturated heterocycles. The largest absolute Gasteiger partial charge is 0.370 e. The molecule has 11 heavy (non-hydrogen) atoms. The maximum atomic E-state index is 4.30. The van der Waals surface area contributed by atoms with Crippen LogP contribution in [0.25, 0.3) is 0 Å². The van der Waals surface area contributed by atoms with Gasteiger partial charge in [-0.3, -0.25) is 9.98 Å². The van der Waals surface area contributed by atoms with Gasteiger partial charge in [0.1, 0.15) is 5.84 Å². The van der Waals surface area contributed by atoms with E-state index in [1.54, 1.807) is 0 Å². The third-order valence-corrected chi connectivity index (χ3v) is 1.86. The molecular weight excluding hydrogens is 140 g/mol. The number of hydrogen-bond acceptors (Lipinski definition) is 4. The Bertz CT molecular complexity index is 197. The summed E-state index contributed by atoms with van der Waals surface area (Å²) in [5.41, 5.74) is 0. The first kappa shape index (κ1) is 6.64. The molecule has 0 amide bonds. The van der Waals surface area contributed by atoms with E-state index in [1.807, 2.05) is 6.34 Å². The second-order valence-corrected chi connectivity index (χ2v) is 2.75. The van der Waals surface area contributed by atoms with E-state index in [1.165, 1.54) is 0 Å². The average Bonchev–Trinajstić information content (AvgIpc) is 2.60. The van der Waals surface area contributed by atoms with Gasteiger partial charge in [0, 0.05) is 13.1 Å². The fourth-order valence-electron chi connectivity index (χ4n) is 1.28. The van der Waals surface area contributed by atoms with Crippen LogP contribution in [0.2, 0.25) is 0 Å². The van der Waals surface area contributed by atoms with Gasteiger partial charge in [0.2, 0.25) is 0 Å². The molecule has 0 spiro atoms. The van der Waals surface area contributed by atoms with E-state index in [0.29, 0.717) is 0 Å². The summed E-state index contributed by atoms with van der Waals surface area (Å²) in [6, 6.07) is 0. The molecular formula is C7H12N4. The Morgan fingerprint density at radius 3 is 3.18 bits per heavy atom. The highest BCUT2D eigenvalue weighted by atomic mass is 15.2. The molecule has 0 atom stereocenters. The fourth-order valence-corrected chi connectivity index (χ4v) is 1.28. The number of hydrogen-bond donors (Lipinski definition) is 1. The van der Waals surface area contributed by atoms with Crippen molar-refractivity contribution in [2.24, 2.45) is 9.98 Å². The maximum absolute atomic E-state index is 4.30. The molecule has 0 aromatic rings. The Labute approximate surface area is 66.0 Å². The van der Waals surface area contributed by atoms with Crippen LogP contribution in [0.15, 0.2) is 9.98 Å². The monoisotopic (exact) mass is 152 g/mol. The predicted octanol–water partition coefficient (Wildman–Crippen LogP) is -0.668.